The lowest BCUT2D eigenvalue weighted by Gasteiger charge is -2.05. The number of aromatic hydroxyl groups is 2. The van der Waals surface area contributed by atoms with Gasteiger partial charge in [-0.3, -0.25) is 10.1 Å². The second-order valence-electron chi connectivity index (χ2n) is 3.48. The summed E-state index contributed by atoms with van der Waals surface area (Å²) < 4.78 is 0. The minimum Gasteiger partial charge on any atom is -0.507 e. The van der Waals surface area contributed by atoms with Crippen LogP contribution >= 0.6 is 11.3 Å². The predicted molar refractivity (Wildman–Crippen MR) is 67.0 cm³/mol. The minimum absolute atomic E-state index is 0.175. The smallest absolute Gasteiger partial charge is 0.265 e. The van der Waals surface area contributed by atoms with Crippen molar-refractivity contribution in [2.24, 2.45) is 0 Å². The summed E-state index contributed by atoms with van der Waals surface area (Å²) in [4.78, 5) is 11.9. The predicted octanol–water partition coefficient (Wildman–Crippen LogP) is 1.76. The van der Waals surface area contributed by atoms with E-state index in [1.165, 1.54) is 29.5 Å². The third-order valence-electron chi connectivity index (χ3n) is 2.24. The molecule has 0 saturated carbocycles. The van der Waals surface area contributed by atoms with Crippen LogP contribution in [0.25, 0.3) is 0 Å². The summed E-state index contributed by atoms with van der Waals surface area (Å²) in [6, 6.07) is 4.10. The van der Waals surface area contributed by atoms with Crippen LogP contribution in [0.1, 0.15) is 22.3 Å². The van der Waals surface area contributed by atoms with Crippen molar-refractivity contribution in [3.8, 4) is 11.5 Å². The number of hydrogen-bond donors (Lipinski definition) is 3. The van der Waals surface area contributed by atoms with Crippen molar-refractivity contribution in [3.63, 3.8) is 0 Å². The quantitative estimate of drug-likeness (QED) is 0.786. The SMILES string of the molecule is CCc1nnc(NC(=O)c2c(O)cccc2O)s1. The average Bonchev–Trinajstić information content (AvgIpc) is 2.76. The molecule has 7 heteroatoms. The van der Waals surface area contributed by atoms with E-state index >= 15 is 0 Å². The fraction of sp³-hybridized carbons (Fsp3) is 0.182. The van der Waals surface area contributed by atoms with Crippen LogP contribution in [0.3, 0.4) is 0 Å². The average molecular weight is 265 g/mol. The van der Waals surface area contributed by atoms with E-state index in [1.807, 2.05) is 6.92 Å². The zero-order valence-electron chi connectivity index (χ0n) is 9.54. The van der Waals surface area contributed by atoms with E-state index in [0.717, 1.165) is 11.4 Å². The van der Waals surface area contributed by atoms with E-state index in [1.54, 1.807) is 0 Å². The van der Waals surface area contributed by atoms with Crippen LogP contribution in [-0.2, 0) is 6.42 Å². The number of hydrogen-bond acceptors (Lipinski definition) is 6. The Bertz CT molecular complexity index is 562. The Morgan fingerprint density at radius 2 is 2.00 bits per heavy atom. The molecule has 0 saturated heterocycles. The number of aryl methyl sites for hydroxylation is 1. The van der Waals surface area contributed by atoms with Crippen LogP contribution in [0.5, 0.6) is 11.5 Å². The summed E-state index contributed by atoms with van der Waals surface area (Å²) in [6.45, 7) is 1.93. The van der Waals surface area contributed by atoms with Gasteiger partial charge in [0.15, 0.2) is 0 Å². The van der Waals surface area contributed by atoms with E-state index in [2.05, 4.69) is 15.5 Å². The number of anilines is 1. The summed E-state index contributed by atoms with van der Waals surface area (Å²) in [5.41, 5.74) is -0.175. The number of benzene rings is 1. The van der Waals surface area contributed by atoms with Crippen molar-refractivity contribution >= 4 is 22.4 Å². The van der Waals surface area contributed by atoms with Gasteiger partial charge in [0.1, 0.15) is 22.1 Å². The number of carbonyl (C=O) groups is 1. The molecule has 0 aliphatic carbocycles. The highest BCUT2D eigenvalue weighted by atomic mass is 32.1. The van der Waals surface area contributed by atoms with Gasteiger partial charge < -0.3 is 10.2 Å². The van der Waals surface area contributed by atoms with E-state index in [0.29, 0.717) is 5.13 Å². The van der Waals surface area contributed by atoms with Crippen molar-refractivity contribution in [1.82, 2.24) is 10.2 Å². The molecule has 6 nitrogen and oxygen atoms in total. The van der Waals surface area contributed by atoms with E-state index in [-0.39, 0.29) is 17.1 Å². The number of carbonyl (C=O) groups excluding carboxylic acids is 1. The summed E-state index contributed by atoms with van der Waals surface area (Å²) >= 11 is 1.25. The number of amides is 1. The fourth-order valence-corrected chi connectivity index (χ4v) is 2.04. The Morgan fingerprint density at radius 1 is 1.33 bits per heavy atom. The fourth-order valence-electron chi connectivity index (χ4n) is 1.37. The van der Waals surface area contributed by atoms with Gasteiger partial charge >= 0.3 is 0 Å². The molecular weight excluding hydrogens is 254 g/mol. The van der Waals surface area contributed by atoms with Crippen molar-refractivity contribution in [2.45, 2.75) is 13.3 Å². The normalized spacial score (nSPS) is 10.3. The lowest BCUT2D eigenvalue weighted by molar-refractivity contribution is 0.102. The second kappa shape index (κ2) is 5.01. The lowest BCUT2D eigenvalue weighted by atomic mass is 10.1. The first-order valence-electron chi connectivity index (χ1n) is 5.26. The molecule has 0 bridgehead atoms. The van der Waals surface area contributed by atoms with Crippen molar-refractivity contribution in [2.75, 3.05) is 5.32 Å². The van der Waals surface area contributed by atoms with Gasteiger partial charge in [-0.25, -0.2) is 0 Å². The molecule has 0 aliphatic heterocycles. The molecular formula is C11H11N3O3S. The van der Waals surface area contributed by atoms with E-state index < -0.39 is 5.91 Å². The van der Waals surface area contributed by atoms with E-state index in [4.69, 9.17) is 0 Å². The number of aromatic nitrogens is 2. The highest BCUT2D eigenvalue weighted by molar-refractivity contribution is 7.15. The largest absolute Gasteiger partial charge is 0.507 e. The van der Waals surface area contributed by atoms with Crippen LogP contribution < -0.4 is 5.32 Å². The maximum atomic E-state index is 11.9. The van der Waals surface area contributed by atoms with Crippen LogP contribution in [0.15, 0.2) is 18.2 Å². The first kappa shape index (κ1) is 12.3. The van der Waals surface area contributed by atoms with Crippen molar-refractivity contribution in [3.05, 3.63) is 28.8 Å². The molecule has 1 heterocycles. The summed E-state index contributed by atoms with van der Waals surface area (Å²) in [5.74, 6) is -1.19. The Balaban J connectivity index is 2.22. The Hall–Kier alpha value is -2.15. The van der Waals surface area contributed by atoms with Crippen LogP contribution in [0.2, 0.25) is 0 Å². The zero-order valence-corrected chi connectivity index (χ0v) is 10.4. The highest BCUT2D eigenvalue weighted by Crippen LogP contribution is 2.27. The molecule has 0 fully saturated rings. The monoisotopic (exact) mass is 265 g/mol. The van der Waals surface area contributed by atoms with Crippen LogP contribution in [0, 0.1) is 0 Å². The number of phenols is 2. The third kappa shape index (κ3) is 2.40. The highest BCUT2D eigenvalue weighted by Gasteiger charge is 2.17. The van der Waals surface area contributed by atoms with Crippen molar-refractivity contribution in [1.29, 1.82) is 0 Å². The molecule has 2 aromatic rings. The molecule has 1 amide bonds. The maximum absolute atomic E-state index is 11.9. The Kier molecular flexibility index (Phi) is 3.42. The van der Waals surface area contributed by atoms with Gasteiger partial charge in [0.05, 0.1) is 0 Å². The summed E-state index contributed by atoms with van der Waals surface area (Å²) in [7, 11) is 0. The Labute approximate surface area is 107 Å². The Morgan fingerprint density at radius 3 is 2.56 bits per heavy atom. The summed E-state index contributed by atoms with van der Waals surface area (Å²) in [6.07, 6.45) is 0.732. The first-order chi connectivity index (χ1) is 8.61. The molecule has 1 aromatic heterocycles. The zero-order chi connectivity index (χ0) is 13.1. The van der Waals surface area contributed by atoms with Crippen LogP contribution in [0.4, 0.5) is 5.13 Å². The molecule has 0 spiro atoms. The topological polar surface area (TPSA) is 95.3 Å². The number of phenolic OH excluding ortho intramolecular Hbond substituents is 2. The number of nitrogens with one attached hydrogen (secondary N) is 1. The standard InChI is InChI=1S/C11H11N3O3S/c1-2-8-13-14-11(18-8)12-10(17)9-6(15)4-3-5-7(9)16/h3-5,15-16H,2H2,1H3,(H,12,14,17). The molecule has 3 N–H and O–H groups in total. The number of nitrogens with zero attached hydrogens (tertiary/aromatic N) is 2. The van der Waals surface area contributed by atoms with Gasteiger partial charge in [-0.15, -0.1) is 10.2 Å². The lowest BCUT2D eigenvalue weighted by Crippen LogP contribution is -2.12. The molecule has 2 rings (SSSR count). The van der Waals surface area contributed by atoms with Gasteiger partial charge in [0, 0.05) is 0 Å². The van der Waals surface area contributed by atoms with Crippen LogP contribution in [-0.4, -0.2) is 26.3 Å². The van der Waals surface area contributed by atoms with Gasteiger partial charge in [-0.05, 0) is 18.6 Å². The molecule has 0 atom stereocenters. The van der Waals surface area contributed by atoms with Gasteiger partial charge in [0.2, 0.25) is 5.13 Å². The number of rotatable bonds is 3. The molecule has 1 aromatic carbocycles. The minimum atomic E-state index is -0.621. The molecule has 0 unspecified atom stereocenters. The third-order valence-corrected chi connectivity index (χ3v) is 3.22. The molecule has 0 aliphatic rings. The summed E-state index contributed by atoms with van der Waals surface area (Å²) in [5, 5.41) is 30.3. The second-order valence-corrected chi connectivity index (χ2v) is 4.54. The van der Waals surface area contributed by atoms with Gasteiger partial charge in [-0.1, -0.05) is 24.3 Å². The van der Waals surface area contributed by atoms with Gasteiger partial charge in [0.25, 0.3) is 5.91 Å². The van der Waals surface area contributed by atoms with Crippen molar-refractivity contribution < 1.29 is 15.0 Å². The molecule has 94 valence electrons. The molecule has 18 heavy (non-hydrogen) atoms. The maximum Gasteiger partial charge on any atom is 0.265 e. The molecule has 0 radical (unpaired) electrons. The van der Waals surface area contributed by atoms with Gasteiger partial charge in [-0.2, -0.15) is 0 Å². The first-order valence-corrected chi connectivity index (χ1v) is 6.08. The van der Waals surface area contributed by atoms with E-state index in [9.17, 15) is 15.0 Å².